The molecule has 0 spiro atoms. The van der Waals surface area contributed by atoms with E-state index in [1.165, 1.54) is 0 Å². The molecule has 0 saturated heterocycles. The van der Waals surface area contributed by atoms with Gasteiger partial charge in [-0.25, -0.2) is 0 Å². The second-order valence-electron chi connectivity index (χ2n) is 2.68. The maximum Gasteiger partial charge on any atom is 0.395 e. The topological polar surface area (TPSA) is 61.0 Å². The van der Waals surface area contributed by atoms with E-state index in [0.717, 1.165) is 13.0 Å². The van der Waals surface area contributed by atoms with E-state index >= 15 is 0 Å². The highest BCUT2D eigenvalue weighted by atomic mass is 127. The lowest BCUT2D eigenvalue weighted by Gasteiger charge is -1.99. The minimum atomic E-state index is -0.444. The number of aryl methyl sites for hydroxylation is 1. The second-order valence-corrected chi connectivity index (χ2v) is 3.70. The first-order valence-corrected chi connectivity index (χ1v) is 5.02. The first-order valence-electron chi connectivity index (χ1n) is 3.95. The summed E-state index contributed by atoms with van der Waals surface area (Å²) in [5.41, 5.74) is 0. The van der Waals surface area contributed by atoms with Crippen molar-refractivity contribution in [2.75, 3.05) is 0 Å². The van der Waals surface area contributed by atoms with Gasteiger partial charge in [0.15, 0.2) is 3.70 Å². The molecule has 0 fully saturated rings. The minimum Gasteiger partial charge on any atom is -0.358 e. The van der Waals surface area contributed by atoms with Crippen LogP contribution in [0.4, 0.5) is 5.82 Å². The summed E-state index contributed by atoms with van der Waals surface area (Å²) in [6.07, 6.45) is 0.949. The maximum absolute atomic E-state index is 10.5. The molecule has 0 unspecified atom stereocenters. The molecule has 0 aliphatic rings. The average molecular weight is 295 g/mol. The first-order chi connectivity index (χ1) is 6.07. The van der Waals surface area contributed by atoms with Crippen LogP contribution in [0.5, 0.6) is 0 Å². The SMILES string of the molecule is CCCn1c(C)nc([N+](=O)[O-])c1I. The van der Waals surface area contributed by atoms with Gasteiger partial charge >= 0.3 is 5.82 Å². The molecule has 1 rings (SSSR count). The minimum absolute atomic E-state index is 0.0356. The monoisotopic (exact) mass is 295 g/mol. The van der Waals surface area contributed by atoms with Crippen molar-refractivity contribution in [3.05, 3.63) is 19.6 Å². The molecule has 72 valence electrons. The Morgan fingerprint density at radius 2 is 2.31 bits per heavy atom. The molecule has 0 aliphatic heterocycles. The summed E-state index contributed by atoms with van der Waals surface area (Å²) in [5, 5.41) is 10.5. The molecule has 1 heterocycles. The Kier molecular flexibility index (Phi) is 3.23. The average Bonchev–Trinajstić information content (AvgIpc) is 2.32. The Balaban J connectivity index is 3.14. The van der Waals surface area contributed by atoms with Crippen LogP contribution in [0, 0.1) is 20.7 Å². The van der Waals surface area contributed by atoms with Gasteiger partial charge in [-0.15, -0.1) is 0 Å². The van der Waals surface area contributed by atoms with E-state index in [-0.39, 0.29) is 5.82 Å². The van der Waals surface area contributed by atoms with E-state index in [1.54, 1.807) is 6.92 Å². The van der Waals surface area contributed by atoms with Crippen molar-refractivity contribution in [3.8, 4) is 0 Å². The zero-order valence-corrected chi connectivity index (χ0v) is 9.61. The molecular formula is C7H10IN3O2. The van der Waals surface area contributed by atoms with Crippen molar-refractivity contribution in [1.82, 2.24) is 9.55 Å². The van der Waals surface area contributed by atoms with Gasteiger partial charge in [-0.1, -0.05) is 6.92 Å². The molecule has 1 aromatic heterocycles. The number of rotatable bonds is 3. The van der Waals surface area contributed by atoms with Crippen LogP contribution >= 0.6 is 22.6 Å². The van der Waals surface area contributed by atoms with E-state index in [9.17, 15) is 10.1 Å². The van der Waals surface area contributed by atoms with Crippen molar-refractivity contribution in [2.45, 2.75) is 26.8 Å². The predicted molar refractivity (Wildman–Crippen MR) is 56.6 cm³/mol. The molecule has 6 heteroatoms. The fraction of sp³-hybridized carbons (Fsp3) is 0.571. The molecule has 5 nitrogen and oxygen atoms in total. The lowest BCUT2D eigenvalue weighted by molar-refractivity contribution is -0.390. The molecule has 0 amide bonds. The summed E-state index contributed by atoms with van der Waals surface area (Å²) in [7, 11) is 0. The highest BCUT2D eigenvalue weighted by Gasteiger charge is 2.22. The van der Waals surface area contributed by atoms with E-state index < -0.39 is 4.92 Å². The number of imidazole rings is 1. The van der Waals surface area contributed by atoms with Crippen LogP contribution in [0.25, 0.3) is 0 Å². The van der Waals surface area contributed by atoms with Crippen molar-refractivity contribution in [1.29, 1.82) is 0 Å². The van der Waals surface area contributed by atoms with Crippen LogP contribution in [0.3, 0.4) is 0 Å². The molecule has 0 atom stereocenters. The number of nitrogens with zero attached hydrogens (tertiary/aromatic N) is 3. The highest BCUT2D eigenvalue weighted by Crippen LogP contribution is 2.21. The van der Waals surface area contributed by atoms with Crippen molar-refractivity contribution >= 4 is 28.4 Å². The summed E-state index contributed by atoms with van der Waals surface area (Å²) in [6.45, 7) is 4.59. The Morgan fingerprint density at radius 1 is 1.69 bits per heavy atom. The summed E-state index contributed by atoms with van der Waals surface area (Å²) in [5.74, 6) is 0.671. The standard InChI is InChI=1S/C7H10IN3O2/c1-3-4-10-5(2)9-7(6(10)8)11(12)13/h3-4H2,1-2H3. The molecule has 0 N–H and O–H groups in total. The fourth-order valence-electron chi connectivity index (χ4n) is 1.12. The molecule has 0 aliphatic carbocycles. The maximum atomic E-state index is 10.5. The molecule has 0 saturated carbocycles. The smallest absolute Gasteiger partial charge is 0.358 e. The van der Waals surface area contributed by atoms with Crippen LogP contribution in [-0.2, 0) is 6.54 Å². The lowest BCUT2D eigenvalue weighted by Crippen LogP contribution is -2.01. The Bertz CT molecular complexity index is 335. The van der Waals surface area contributed by atoms with Crippen molar-refractivity contribution in [3.63, 3.8) is 0 Å². The van der Waals surface area contributed by atoms with Crippen molar-refractivity contribution < 1.29 is 4.92 Å². The number of aromatic nitrogens is 2. The third-order valence-corrected chi connectivity index (χ3v) is 2.76. The largest absolute Gasteiger partial charge is 0.395 e. The van der Waals surface area contributed by atoms with Crippen LogP contribution in [-0.4, -0.2) is 14.5 Å². The van der Waals surface area contributed by atoms with Gasteiger partial charge in [0.05, 0.1) is 0 Å². The van der Waals surface area contributed by atoms with Crippen LogP contribution in [0.2, 0.25) is 0 Å². The quantitative estimate of drug-likeness (QED) is 0.487. The summed E-state index contributed by atoms with van der Waals surface area (Å²) in [6, 6.07) is 0. The second kappa shape index (κ2) is 4.03. The Labute approximate surface area is 89.4 Å². The van der Waals surface area contributed by atoms with Gasteiger partial charge in [-0.05, 0) is 38.9 Å². The van der Waals surface area contributed by atoms with Crippen LogP contribution in [0.1, 0.15) is 19.2 Å². The predicted octanol–water partition coefficient (Wildman–Crippen LogP) is 2.11. The summed E-state index contributed by atoms with van der Waals surface area (Å²) in [4.78, 5) is 14.0. The molecule has 0 aromatic carbocycles. The Morgan fingerprint density at radius 3 is 2.69 bits per heavy atom. The van der Waals surface area contributed by atoms with Crippen LogP contribution in [0.15, 0.2) is 0 Å². The summed E-state index contributed by atoms with van der Waals surface area (Å²) < 4.78 is 2.47. The number of nitro groups is 1. The van der Waals surface area contributed by atoms with E-state index in [0.29, 0.717) is 9.53 Å². The number of halogens is 1. The lowest BCUT2D eigenvalue weighted by atomic mass is 10.5. The summed E-state index contributed by atoms with van der Waals surface area (Å²) >= 11 is 1.96. The van der Waals surface area contributed by atoms with Crippen molar-refractivity contribution in [2.24, 2.45) is 0 Å². The third-order valence-electron chi connectivity index (χ3n) is 1.70. The van der Waals surface area contributed by atoms with E-state index in [2.05, 4.69) is 4.98 Å². The third kappa shape index (κ3) is 1.98. The van der Waals surface area contributed by atoms with Gasteiger partial charge in [-0.3, -0.25) is 4.57 Å². The molecular weight excluding hydrogens is 285 g/mol. The van der Waals surface area contributed by atoms with Gasteiger partial charge < -0.3 is 10.1 Å². The number of hydrogen-bond donors (Lipinski definition) is 0. The zero-order valence-electron chi connectivity index (χ0n) is 7.45. The van der Waals surface area contributed by atoms with Gasteiger partial charge in [-0.2, -0.15) is 0 Å². The van der Waals surface area contributed by atoms with E-state index in [1.807, 2.05) is 34.1 Å². The molecule has 0 radical (unpaired) electrons. The van der Waals surface area contributed by atoms with Crippen LogP contribution < -0.4 is 0 Å². The fourth-order valence-corrected chi connectivity index (χ4v) is 2.03. The van der Waals surface area contributed by atoms with Gasteiger partial charge in [0.2, 0.25) is 5.82 Å². The highest BCUT2D eigenvalue weighted by molar-refractivity contribution is 14.1. The van der Waals surface area contributed by atoms with Gasteiger partial charge in [0, 0.05) is 13.5 Å². The molecule has 0 bridgehead atoms. The zero-order chi connectivity index (χ0) is 10.0. The molecule has 13 heavy (non-hydrogen) atoms. The molecule has 1 aromatic rings. The first kappa shape index (κ1) is 10.4. The van der Waals surface area contributed by atoms with E-state index in [4.69, 9.17) is 0 Å². The van der Waals surface area contributed by atoms with Gasteiger partial charge in [0.1, 0.15) is 0 Å². The van der Waals surface area contributed by atoms with Gasteiger partial charge in [0.25, 0.3) is 0 Å². The normalized spacial score (nSPS) is 10.4. The Hall–Kier alpha value is -0.660. The number of hydrogen-bond acceptors (Lipinski definition) is 3.